The molecular weight excluding hydrogens is 132 g/mol. The van der Waals surface area contributed by atoms with Crippen LogP contribution in [0.15, 0.2) is 0 Å². The number of aliphatic hydroxyl groups is 1. The molecule has 1 rings (SSSR count). The zero-order chi connectivity index (χ0) is 7.61. The van der Waals surface area contributed by atoms with Crippen molar-refractivity contribution in [1.82, 2.24) is 0 Å². The quantitative estimate of drug-likeness (QED) is 0.513. The number of rotatable bonds is 1. The number of hydrogen-bond donors (Lipinski definition) is 1. The normalized spacial score (nSPS) is 39.5. The Morgan fingerprint density at radius 2 is 2.60 bits per heavy atom. The van der Waals surface area contributed by atoms with Crippen molar-refractivity contribution in [3.8, 4) is 12.3 Å². The first kappa shape index (κ1) is 7.55. The summed E-state index contributed by atoms with van der Waals surface area (Å²) in [5.41, 5.74) is 0. The van der Waals surface area contributed by atoms with Gasteiger partial charge < -0.3 is 14.6 Å². The first-order chi connectivity index (χ1) is 4.72. The maximum atomic E-state index is 8.74. The summed E-state index contributed by atoms with van der Waals surface area (Å²) in [4.78, 5) is 0. The summed E-state index contributed by atoms with van der Waals surface area (Å²) >= 11 is 0. The van der Waals surface area contributed by atoms with Crippen LogP contribution in [0.1, 0.15) is 6.92 Å². The van der Waals surface area contributed by atoms with Crippen molar-refractivity contribution in [3.63, 3.8) is 0 Å². The van der Waals surface area contributed by atoms with Crippen molar-refractivity contribution in [1.29, 1.82) is 0 Å². The van der Waals surface area contributed by atoms with Crippen molar-refractivity contribution in [3.05, 3.63) is 0 Å². The fourth-order valence-corrected chi connectivity index (χ4v) is 0.849. The molecule has 0 amide bonds. The summed E-state index contributed by atoms with van der Waals surface area (Å²) < 4.78 is 10.2. The lowest BCUT2D eigenvalue weighted by Crippen LogP contribution is -2.32. The first-order valence-electron chi connectivity index (χ1n) is 3.13. The van der Waals surface area contributed by atoms with E-state index in [1.54, 1.807) is 0 Å². The van der Waals surface area contributed by atoms with Crippen molar-refractivity contribution in [2.45, 2.75) is 18.8 Å². The van der Waals surface area contributed by atoms with E-state index in [2.05, 4.69) is 5.92 Å². The van der Waals surface area contributed by atoms with Gasteiger partial charge in [0.25, 0.3) is 5.79 Å². The molecule has 0 aromatic heterocycles. The fourth-order valence-electron chi connectivity index (χ4n) is 0.849. The van der Waals surface area contributed by atoms with Crippen molar-refractivity contribution in [2.75, 3.05) is 13.2 Å². The third-order valence-electron chi connectivity index (χ3n) is 1.37. The second-order valence-electron chi connectivity index (χ2n) is 2.29. The minimum absolute atomic E-state index is 0.0248. The summed E-state index contributed by atoms with van der Waals surface area (Å²) in [5.74, 6) is 1.10. The molecule has 3 nitrogen and oxygen atoms in total. The van der Waals surface area contributed by atoms with Gasteiger partial charge in [0, 0.05) is 0 Å². The van der Waals surface area contributed by atoms with Gasteiger partial charge in [0.15, 0.2) is 0 Å². The molecule has 0 aliphatic carbocycles. The number of hydrogen-bond acceptors (Lipinski definition) is 3. The Kier molecular flexibility index (Phi) is 1.95. The third-order valence-corrected chi connectivity index (χ3v) is 1.37. The van der Waals surface area contributed by atoms with E-state index in [4.69, 9.17) is 21.0 Å². The van der Waals surface area contributed by atoms with Crippen LogP contribution in [0.2, 0.25) is 0 Å². The van der Waals surface area contributed by atoms with Crippen LogP contribution in [0.5, 0.6) is 0 Å². The Balaban J connectivity index is 2.62. The second kappa shape index (κ2) is 2.59. The summed E-state index contributed by atoms with van der Waals surface area (Å²) in [7, 11) is 0. The van der Waals surface area contributed by atoms with E-state index in [-0.39, 0.29) is 12.7 Å². The van der Waals surface area contributed by atoms with E-state index in [0.29, 0.717) is 6.61 Å². The Morgan fingerprint density at radius 1 is 1.90 bits per heavy atom. The average molecular weight is 142 g/mol. The van der Waals surface area contributed by atoms with E-state index >= 15 is 0 Å². The molecule has 1 aliphatic heterocycles. The molecule has 1 N–H and O–H groups in total. The van der Waals surface area contributed by atoms with Crippen LogP contribution in [-0.2, 0) is 9.47 Å². The van der Waals surface area contributed by atoms with Gasteiger partial charge >= 0.3 is 0 Å². The molecule has 0 saturated carbocycles. The third kappa shape index (κ3) is 1.14. The molecule has 0 spiro atoms. The van der Waals surface area contributed by atoms with Gasteiger partial charge in [0.1, 0.15) is 6.61 Å². The highest BCUT2D eigenvalue weighted by atomic mass is 16.8. The summed E-state index contributed by atoms with van der Waals surface area (Å²) in [5, 5.41) is 8.74. The lowest BCUT2D eigenvalue weighted by atomic mass is 10.3. The van der Waals surface area contributed by atoms with Crippen molar-refractivity contribution in [2.24, 2.45) is 0 Å². The molecule has 0 unspecified atom stereocenters. The van der Waals surface area contributed by atoms with Crippen molar-refractivity contribution >= 4 is 0 Å². The lowest BCUT2D eigenvalue weighted by Gasteiger charge is -2.17. The summed E-state index contributed by atoms with van der Waals surface area (Å²) in [6.45, 7) is 2.01. The van der Waals surface area contributed by atoms with Crippen LogP contribution in [0.4, 0.5) is 0 Å². The lowest BCUT2D eigenvalue weighted by molar-refractivity contribution is -0.145. The molecule has 1 aliphatic rings. The molecule has 0 bridgehead atoms. The van der Waals surface area contributed by atoms with E-state index in [0.717, 1.165) is 0 Å². The fraction of sp³-hybridized carbons (Fsp3) is 0.714. The van der Waals surface area contributed by atoms with E-state index in [1.165, 1.54) is 0 Å². The van der Waals surface area contributed by atoms with Gasteiger partial charge in [-0.2, -0.15) is 0 Å². The molecule has 3 heteroatoms. The van der Waals surface area contributed by atoms with Gasteiger partial charge in [-0.1, -0.05) is 0 Å². The molecule has 1 heterocycles. The molecule has 0 aromatic rings. The Labute approximate surface area is 59.9 Å². The standard InChI is InChI=1S/C7H10O3/c1-3-7(5-8)9-4-6(2)10-7/h1,6,8H,4-5H2,2H3/t6-,7+/m0/s1. The molecule has 2 atom stereocenters. The van der Waals surface area contributed by atoms with Crippen LogP contribution in [0.25, 0.3) is 0 Å². The number of aliphatic hydroxyl groups excluding tert-OH is 1. The summed E-state index contributed by atoms with van der Waals surface area (Å²) in [6, 6.07) is 0. The van der Waals surface area contributed by atoms with E-state index in [9.17, 15) is 0 Å². The molecule has 10 heavy (non-hydrogen) atoms. The first-order valence-corrected chi connectivity index (χ1v) is 3.13. The van der Waals surface area contributed by atoms with Gasteiger partial charge in [-0.3, -0.25) is 0 Å². The highest BCUT2D eigenvalue weighted by Crippen LogP contribution is 2.21. The minimum Gasteiger partial charge on any atom is -0.390 e. The number of terminal acetylenes is 1. The zero-order valence-corrected chi connectivity index (χ0v) is 5.83. The average Bonchev–Trinajstić information content (AvgIpc) is 2.33. The Bertz CT molecular complexity index is 161. The van der Waals surface area contributed by atoms with Gasteiger partial charge in [-0.05, 0) is 12.8 Å². The SMILES string of the molecule is C#C[C@@]1(CO)OC[C@H](C)O1. The van der Waals surface area contributed by atoms with E-state index in [1.807, 2.05) is 6.92 Å². The molecule has 0 aromatic carbocycles. The highest BCUT2D eigenvalue weighted by Gasteiger charge is 2.37. The van der Waals surface area contributed by atoms with Crippen LogP contribution in [-0.4, -0.2) is 30.2 Å². The zero-order valence-electron chi connectivity index (χ0n) is 5.83. The van der Waals surface area contributed by atoms with Gasteiger partial charge in [-0.15, -0.1) is 6.42 Å². The second-order valence-corrected chi connectivity index (χ2v) is 2.29. The highest BCUT2D eigenvalue weighted by molar-refractivity contribution is 5.04. The monoisotopic (exact) mass is 142 g/mol. The van der Waals surface area contributed by atoms with Crippen LogP contribution < -0.4 is 0 Å². The largest absolute Gasteiger partial charge is 0.390 e. The summed E-state index contributed by atoms with van der Waals surface area (Å²) in [6.07, 6.45) is 5.06. The van der Waals surface area contributed by atoms with Crippen LogP contribution >= 0.6 is 0 Å². The predicted molar refractivity (Wildman–Crippen MR) is 35.1 cm³/mol. The van der Waals surface area contributed by atoms with E-state index < -0.39 is 5.79 Å². The molecule has 1 fully saturated rings. The van der Waals surface area contributed by atoms with Crippen LogP contribution in [0.3, 0.4) is 0 Å². The van der Waals surface area contributed by atoms with Crippen LogP contribution in [0, 0.1) is 12.3 Å². The Morgan fingerprint density at radius 3 is 2.80 bits per heavy atom. The van der Waals surface area contributed by atoms with Crippen molar-refractivity contribution < 1.29 is 14.6 Å². The molecule has 1 saturated heterocycles. The predicted octanol–water partition coefficient (Wildman–Crippen LogP) is -0.257. The Hall–Kier alpha value is -0.560. The number of ether oxygens (including phenoxy) is 2. The molecule has 0 radical (unpaired) electrons. The van der Waals surface area contributed by atoms with Gasteiger partial charge in [-0.25, -0.2) is 0 Å². The topological polar surface area (TPSA) is 38.7 Å². The molecular formula is C7H10O3. The van der Waals surface area contributed by atoms with Gasteiger partial charge in [0.2, 0.25) is 0 Å². The maximum absolute atomic E-state index is 8.74. The molecule has 56 valence electrons. The smallest absolute Gasteiger partial charge is 0.257 e. The minimum atomic E-state index is -1.17. The maximum Gasteiger partial charge on any atom is 0.257 e. The van der Waals surface area contributed by atoms with Gasteiger partial charge in [0.05, 0.1) is 12.7 Å².